The van der Waals surface area contributed by atoms with Crippen LogP contribution in [0.3, 0.4) is 0 Å². The molecule has 0 aromatic heterocycles. The summed E-state index contributed by atoms with van der Waals surface area (Å²) in [6.07, 6.45) is 10.6. The molecular weight excluding hydrogens is 410 g/mol. The lowest BCUT2D eigenvalue weighted by Crippen LogP contribution is -2.45. The van der Waals surface area contributed by atoms with Crippen LogP contribution in [0.2, 0.25) is 0 Å². The van der Waals surface area contributed by atoms with E-state index in [9.17, 15) is 14.4 Å². The van der Waals surface area contributed by atoms with E-state index in [2.05, 4.69) is 5.32 Å². The normalized spacial score (nSPS) is 11.6. The second kappa shape index (κ2) is 17.1. The molecule has 1 atom stereocenters. The van der Waals surface area contributed by atoms with Gasteiger partial charge in [0, 0.05) is 6.42 Å². The van der Waals surface area contributed by atoms with Crippen LogP contribution < -0.4 is 16.5 Å². The van der Waals surface area contributed by atoms with E-state index in [0.29, 0.717) is 31.4 Å². The topological polar surface area (TPSA) is 131 Å². The molecule has 0 aliphatic heterocycles. The van der Waals surface area contributed by atoms with Crippen LogP contribution in [0.1, 0.15) is 86.6 Å². The van der Waals surface area contributed by atoms with Gasteiger partial charge in [-0.1, -0.05) is 44.2 Å². The molecule has 0 saturated carbocycles. The smallest absolute Gasteiger partial charge is 0.337 e. The number of amides is 2. The number of hydrogen-bond acceptors (Lipinski definition) is 6. The second-order valence-electron chi connectivity index (χ2n) is 8.05. The minimum atomic E-state index is -0.715. The number of unbranched alkanes of at least 4 members (excludes halogenated alkanes) is 7. The van der Waals surface area contributed by atoms with Crippen LogP contribution in [0.15, 0.2) is 24.3 Å². The van der Waals surface area contributed by atoms with E-state index in [0.717, 1.165) is 63.4 Å². The van der Waals surface area contributed by atoms with Gasteiger partial charge in [-0.25, -0.2) is 10.3 Å². The van der Waals surface area contributed by atoms with Crippen molar-refractivity contribution < 1.29 is 24.3 Å². The molecule has 8 nitrogen and oxygen atoms in total. The van der Waals surface area contributed by atoms with E-state index >= 15 is 0 Å². The Bertz CT molecular complexity index is 696. The van der Waals surface area contributed by atoms with Crippen LogP contribution in [0.4, 0.5) is 0 Å². The second-order valence-corrected chi connectivity index (χ2v) is 8.05. The van der Waals surface area contributed by atoms with Crippen molar-refractivity contribution in [1.29, 1.82) is 0 Å². The lowest BCUT2D eigenvalue weighted by Gasteiger charge is -2.16. The van der Waals surface area contributed by atoms with E-state index < -0.39 is 11.9 Å². The molecular formula is C24H39N3O5. The molecule has 1 rings (SSSR count). The van der Waals surface area contributed by atoms with Gasteiger partial charge < -0.3 is 15.8 Å². The zero-order valence-corrected chi connectivity index (χ0v) is 19.2. The summed E-state index contributed by atoms with van der Waals surface area (Å²) in [5.74, 6) is -1.06. The number of methoxy groups -OCH3 is 1. The van der Waals surface area contributed by atoms with Crippen LogP contribution in [-0.2, 0) is 20.7 Å². The third-order valence-corrected chi connectivity index (χ3v) is 5.43. The van der Waals surface area contributed by atoms with Gasteiger partial charge >= 0.3 is 5.97 Å². The highest BCUT2D eigenvalue weighted by Gasteiger charge is 2.19. The SMILES string of the molecule is COC(=O)c1cccc(CCCCCCCCCC(=O)N[C@H](CCCCN)C(=O)NO)c1. The van der Waals surface area contributed by atoms with Gasteiger partial charge in [0.2, 0.25) is 5.91 Å². The number of nitrogens with two attached hydrogens (primary N) is 1. The summed E-state index contributed by atoms with van der Waals surface area (Å²) in [6, 6.07) is 6.86. The number of rotatable bonds is 17. The first-order valence-corrected chi connectivity index (χ1v) is 11.6. The van der Waals surface area contributed by atoms with Crippen LogP contribution in [0.25, 0.3) is 0 Å². The van der Waals surface area contributed by atoms with Crippen molar-refractivity contribution in [2.24, 2.45) is 5.73 Å². The zero-order chi connectivity index (χ0) is 23.6. The van der Waals surface area contributed by atoms with Crippen LogP contribution in [0.5, 0.6) is 0 Å². The molecule has 0 radical (unpaired) electrons. The number of hydroxylamine groups is 1. The van der Waals surface area contributed by atoms with Gasteiger partial charge in [-0.05, 0) is 62.8 Å². The monoisotopic (exact) mass is 449 g/mol. The highest BCUT2D eigenvalue weighted by atomic mass is 16.5. The standard InChI is InChI=1S/C24H39N3O5/c1-32-24(30)20-14-11-13-19(18-20)12-7-5-3-2-4-6-8-16-22(28)26-21(23(29)27-31)15-9-10-17-25/h11,13-14,18,21,31H,2-10,12,15-17,25H2,1H3,(H,26,28)(H,27,29)/t21-/m1/s1. The predicted octanol–water partition coefficient (Wildman–Crippen LogP) is 3.26. The van der Waals surface area contributed by atoms with Gasteiger partial charge in [0.15, 0.2) is 0 Å². The van der Waals surface area contributed by atoms with Gasteiger partial charge in [0.1, 0.15) is 6.04 Å². The molecule has 0 heterocycles. The molecule has 0 aliphatic carbocycles. The number of nitrogens with one attached hydrogen (secondary N) is 2. The minimum absolute atomic E-state index is 0.166. The van der Waals surface area contributed by atoms with Crippen molar-refractivity contribution in [3.63, 3.8) is 0 Å². The maximum atomic E-state index is 12.1. The van der Waals surface area contributed by atoms with E-state index in [4.69, 9.17) is 15.7 Å². The highest BCUT2D eigenvalue weighted by molar-refractivity contribution is 5.89. The molecule has 180 valence electrons. The van der Waals surface area contributed by atoms with E-state index in [1.807, 2.05) is 18.2 Å². The van der Waals surface area contributed by atoms with E-state index in [1.165, 1.54) is 7.11 Å². The molecule has 0 bridgehead atoms. The van der Waals surface area contributed by atoms with Crippen molar-refractivity contribution in [2.45, 2.75) is 83.1 Å². The number of hydrogen-bond donors (Lipinski definition) is 4. The lowest BCUT2D eigenvalue weighted by molar-refractivity contribution is -0.135. The van der Waals surface area contributed by atoms with Crippen LogP contribution in [0, 0.1) is 0 Å². The summed E-state index contributed by atoms with van der Waals surface area (Å²) in [5.41, 5.74) is 8.80. The van der Waals surface area contributed by atoms with Crippen molar-refractivity contribution in [1.82, 2.24) is 10.8 Å². The van der Waals surface area contributed by atoms with Gasteiger partial charge in [-0.15, -0.1) is 0 Å². The number of ether oxygens (including phenoxy) is 1. The summed E-state index contributed by atoms with van der Waals surface area (Å²) in [4.78, 5) is 35.3. The Morgan fingerprint density at radius 2 is 1.69 bits per heavy atom. The summed E-state index contributed by atoms with van der Waals surface area (Å²) < 4.78 is 4.75. The zero-order valence-electron chi connectivity index (χ0n) is 19.2. The maximum Gasteiger partial charge on any atom is 0.337 e. The van der Waals surface area contributed by atoms with Gasteiger partial charge in [-0.3, -0.25) is 14.8 Å². The van der Waals surface area contributed by atoms with Crippen molar-refractivity contribution >= 4 is 17.8 Å². The Labute approximate surface area is 191 Å². The molecule has 0 saturated heterocycles. The van der Waals surface area contributed by atoms with Crippen LogP contribution in [-0.4, -0.2) is 42.7 Å². The molecule has 0 unspecified atom stereocenters. The first-order chi connectivity index (χ1) is 15.5. The lowest BCUT2D eigenvalue weighted by atomic mass is 10.0. The quantitative estimate of drug-likeness (QED) is 0.125. The van der Waals surface area contributed by atoms with E-state index in [1.54, 1.807) is 11.5 Å². The summed E-state index contributed by atoms with van der Waals surface area (Å²) in [7, 11) is 1.39. The fourth-order valence-corrected chi connectivity index (χ4v) is 3.58. The predicted molar refractivity (Wildman–Crippen MR) is 123 cm³/mol. The fourth-order valence-electron chi connectivity index (χ4n) is 3.58. The Morgan fingerprint density at radius 3 is 2.34 bits per heavy atom. The summed E-state index contributed by atoms with van der Waals surface area (Å²) in [5, 5.41) is 11.5. The van der Waals surface area contributed by atoms with Crippen molar-refractivity contribution in [3.05, 3.63) is 35.4 Å². The molecule has 32 heavy (non-hydrogen) atoms. The maximum absolute atomic E-state index is 12.1. The Kier molecular flexibility index (Phi) is 14.8. The van der Waals surface area contributed by atoms with Crippen molar-refractivity contribution in [2.75, 3.05) is 13.7 Å². The summed E-state index contributed by atoms with van der Waals surface area (Å²) >= 11 is 0. The number of benzene rings is 1. The third-order valence-electron chi connectivity index (χ3n) is 5.43. The molecule has 5 N–H and O–H groups in total. The van der Waals surface area contributed by atoms with Crippen molar-refractivity contribution in [3.8, 4) is 0 Å². The number of aryl methyl sites for hydroxylation is 1. The first kappa shape index (κ1) is 27.6. The van der Waals surface area contributed by atoms with E-state index in [-0.39, 0.29) is 11.9 Å². The number of carbonyl (C=O) groups is 3. The molecule has 2 amide bonds. The van der Waals surface area contributed by atoms with Gasteiger partial charge in [0.25, 0.3) is 5.91 Å². The fraction of sp³-hybridized carbons (Fsp3) is 0.625. The van der Waals surface area contributed by atoms with Crippen LogP contribution >= 0.6 is 0 Å². The minimum Gasteiger partial charge on any atom is -0.465 e. The largest absolute Gasteiger partial charge is 0.465 e. The Balaban J connectivity index is 2.11. The first-order valence-electron chi connectivity index (χ1n) is 11.6. The number of esters is 1. The molecule has 0 spiro atoms. The third kappa shape index (κ3) is 11.8. The van der Waals surface area contributed by atoms with Gasteiger partial charge in [0.05, 0.1) is 12.7 Å². The Hall–Kier alpha value is -2.45. The number of carbonyl (C=O) groups excluding carboxylic acids is 3. The molecule has 0 aliphatic rings. The molecule has 8 heteroatoms. The Morgan fingerprint density at radius 1 is 1.00 bits per heavy atom. The molecule has 1 aromatic carbocycles. The average Bonchev–Trinajstić information content (AvgIpc) is 2.81. The van der Waals surface area contributed by atoms with Gasteiger partial charge in [-0.2, -0.15) is 0 Å². The molecule has 0 fully saturated rings. The highest BCUT2D eigenvalue weighted by Crippen LogP contribution is 2.13. The molecule has 1 aromatic rings. The summed E-state index contributed by atoms with van der Waals surface area (Å²) in [6.45, 7) is 0.532. The average molecular weight is 450 g/mol.